The molecule has 0 amide bonds. The van der Waals surface area contributed by atoms with Crippen molar-refractivity contribution in [3.63, 3.8) is 0 Å². The number of amidine groups is 2. The van der Waals surface area contributed by atoms with Crippen LogP contribution in [-0.4, -0.2) is 61.7 Å². The normalized spacial score (nSPS) is 18.8. The molecule has 0 aromatic heterocycles. The van der Waals surface area contributed by atoms with Crippen LogP contribution in [0.25, 0.3) is 0 Å². The van der Waals surface area contributed by atoms with E-state index in [1.165, 1.54) is 12.1 Å². The number of hydrogen-bond acceptors (Lipinski definition) is 7. The Balaban J connectivity index is 1.40. The van der Waals surface area contributed by atoms with E-state index in [2.05, 4.69) is 25.8 Å². The van der Waals surface area contributed by atoms with Gasteiger partial charge in [0.15, 0.2) is 11.7 Å². The molecule has 2 N–H and O–H groups in total. The van der Waals surface area contributed by atoms with Gasteiger partial charge in [0.05, 0.1) is 37.6 Å². The zero-order chi connectivity index (χ0) is 27.1. The maximum atomic E-state index is 14.7. The minimum atomic E-state index is -4.40. The first-order valence-electron chi connectivity index (χ1n) is 12.4. The lowest BCUT2D eigenvalue weighted by atomic mass is 10.1. The van der Waals surface area contributed by atoms with Crippen molar-refractivity contribution in [3.05, 3.63) is 71.1 Å². The number of rotatable bonds is 5. The van der Waals surface area contributed by atoms with Gasteiger partial charge in [0.25, 0.3) is 0 Å². The average Bonchev–Trinajstić information content (AvgIpc) is 2.88. The van der Waals surface area contributed by atoms with Crippen molar-refractivity contribution in [2.24, 2.45) is 15.1 Å². The van der Waals surface area contributed by atoms with Gasteiger partial charge < -0.3 is 15.0 Å². The van der Waals surface area contributed by atoms with Crippen LogP contribution in [0, 0.1) is 6.92 Å². The summed E-state index contributed by atoms with van der Waals surface area (Å²) in [7, 11) is 0. The fourth-order valence-electron chi connectivity index (χ4n) is 4.19. The molecule has 0 bridgehead atoms. The quantitative estimate of drug-likeness (QED) is 0.306. The number of alkyl halides is 3. The third kappa shape index (κ3) is 6.97. The molecule has 2 heterocycles. The van der Waals surface area contributed by atoms with E-state index in [0.717, 1.165) is 29.7 Å². The lowest BCUT2D eigenvalue weighted by molar-refractivity contribution is -0.137. The van der Waals surface area contributed by atoms with Crippen molar-refractivity contribution in [2.75, 3.05) is 38.2 Å². The van der Waals surface area contributed by atoms with Crippen LogP contribution in [0.15, 0.2) is 69.5 Å². The number of hydrazone groups is 1. The molecule has 202 valence electrons. The van der Waals surface area contributed by atoms with Crippen LogP contribution in [-0.2, 0) is 10.9 Å². The summed E-state index contributed by atoms with van der Waals surface area (Å²) in [6, 6.07) is 10.5. The molecular weight excluding hydrogens is 500 g/mol. The summed E-state index contributed by atoms with van der Waals surface area (Å²) in [5.41, 5.74) is 4.87. The number of benzene rings is 2. The summed E-state index contributed by atoms with van der Waals surface area (Å²) in [6.07, 6.45) is -0.546. The van der Waals surface area contributed by atoms with E-state index in [-0.39, 0.29) is 25.0 Å². The first kappa shape index (κ1) is 27.3. The molecule has 0 saturated carbocycles. The number of hydrogen-bond donors (Lipinski definition) is 2. The minimum absolute atomic E-state index is 0.0708. The number of nitrogens with one attached hydrogen (secondary N) is 2. The Morgan fingerprint density at radius 1 is 1.16 bits per heavy atom. The summed E-state index contributed by atoms with van der Waals surface area (Å²) >= 11 is 0. The molecule has 1 saturated heterocycles. The van der Waals surface area contributed by atoms with Crippen LogP contribution < -0.4 is 10.7 Å². The Hall–Kier alpha value is -3.73. The van der Waals surface area contributed by atoms with Crippen molar-refractivity contribution in [2.45, 2.75) is 32.5 Å². The standard InChI is InChI=1S/C27H30F4N6O/c1-3-23-17-38-12-11-37(23)26-24(28)9-10-32-25(16-33-26)36-34-15-19-7-8-22(13-18(19)2)35-21-6-4-5-20(14-21)27(29,30)31/h4-9,13-15,23,35H,3,10-12,16-17H2,1-2H3,(H,32,36)/b24-9?,33-26?,34-15+. The minimum Gasteiger partial charge on any atom is -0.377 e. The Morgan fingerprint density at radius 2 is 1.97 bits per heavy atom. The second kappa shape index (κ2) is 12.2. The van der Waals surface area contributed by atoms with Crippen molar-refractivity contribution in [3.8, 4) is 0 Å². The number of nitrogens with zero attached hydrogens (tertiary/aromatic N) is 4. The molecule has 2 aliphatic heterocycles. The van der Waals surface area contributed by atoms with E-state index in [1.807, 2.05) is 30.9 Å². The molecule has 1 fully saturated rings. The average molecular weight is 531 g/mol. The van der Waals surface area contributed by atoms with Gasteiger partial charge in [0, 0.05) is 17.9 Å². The Morgan fingerprint density at radius 3 is 2.74 bits per heavy atom. The van der Waals surface area contributed by atoms with Crippen molar-refractivity contribution in [1.29, 1.82) is 0 Å². The van der Waals surface area contributed by atoms with Gasteiger partial charge in [-0.2, -0.15) is 18.3 Å². The molecule has 2 aromatic carbocycles. The second-order valence-corrected chi connectivity index (χ2v) is 8.95. The lowest BCUT2D eigenvalue weighted by Gasteiger charge is -2.37. The first-order valence-corrected chi connectivity index (χ1v) is 12.4. The highest BCUT2D eigenvalue weighted by atomic mass is 19.4. The predicted octanol–water partition coefficient (Wildman–Crippen LogP) is 5.46. The fourth-order valence-corrected chi connectivity index (χ4v) is 4.19. The van der Waals surface area contributed by atoms with Crippen LogP contribution in [0.3, 0.4) is 0 Å². The fraction of sp³-hybridized carbons (Fsp3) is 0.370. The molecule has 2 aliphatic rings. The highest BCUT2D eigenvalue weighted by Crippen LogP contribution is 2.31. The maximum absolute atomic E-state index is 14.7. The molecule has 0 aliphatic carbocycles. The van der Waals surface area contributed by atoms with Crippen molar-refractivity contribution in [1.82, 2.24) is 10.3 Å². The summed E-state index contributed by atoms with van der Waals surface area (Å²) < 4.78 is 59.2. The summed E-state index contributed by atoms with van der Waals surface area (Å²) in [4.78, 5) is 10.8. The van der Waals surface area contributed by atoms with Crippen molar-refractivity contribution < 1.29 is 22.3 Å². The maximum Gasteiger partial charge on any atom is 0.416 e. The largest absolute Gasteiger partial charge is 0.416 e. The third-order valence-corrected chi connectivity index (χ3v) is 6.26. The van der Waals surface area contributed by atoms with Crippen LogP contribution in [0.4, 0.5) is 28.9 Å². The van der Waals surface area contributed by atoms with Gasteiger partial charge in [-0.15, -0.1) is 0 Å². The number of ether oxygens (including phenoxy) is 1. The number of aliphatic imine (C=N–C) groups is 2. The molecule has 7 nitrogen and oxygen atoms in total. The summed E-state index contributed by atoms with van der Waals surface area (Å²) in [5.74, 6) is 0.438. The van der Waals surface area contributed by atoms with Gasteiger partial charge in [0.1, 0.15) is 12.4 Å². The second-order valence-electron chi connectivity index (χ2n) is 8.95. The van der Waals surface area contributed by atoms with Gasteiger partial charge in [0.2, 0.25) is 0 Å². The molecular formula is C27H30F4N6O. The molecule has 0 radical (unpaired) electrons. The highest BCUT2D eigenvalue weighted by molar-refractivity contribution is 5.99. The monoisotopic (exact) mass is 530 g/mol. The van der Waals surface area contributed by atoms with E-state index < -0.39 is 11.7 Å². The van der Waals surface area contributed by atoms with Gasteiger partial charge in [-0.25, -0.2) is 4.39 Å². The van der Waals surface area contributed by atoms with E-state index >= 15 is 0 Å². The molecule has 38 heavy (non-hydrogen) atoms. The van der Waals surface area contributed by atoms with Gasteiger partial charge >= 0.3 is 6.18 Å². The SMILES string of the molecule is CCC1COCCN1C1=NCC(N/N=C/c2ccc(Nc3cccc(C(F)(F)F)c3)cc2C)=NCC=C1F. The number of halogens is 4. The topological polar surface area (TPSA) is 73.6 Å². The van der Waals surface area contributed by atoms with E-state index in [0.29, 0.717) is 42.8 Å². The molecule has 0 spiro atoms. The summed E-state index contributed by atoms with van der Waals surface area (Å²) in [5, 5.41) is 7.28. The molecule has 1 unspecified atom stereocenters. The molecule has 2 aromatic rings. The zero-order valence-corrected chi connectivity index (χ0v) is 21.2. The van der Waals surface area contributed by atoms with Crippen LogP contribution in [0.5, 0.6) is 0 Å². The number of morpholine rings is 1. The van der Waals surface area contributed by atoms with Crippen molar-refractivity contribution >= 4 is 29.3 Å². The number of anilines is 2. The third-order valence-electron chi connectivity index (χ3n) is 6.26. The predicted molar refractivity (Wildman–Crippen MR) is 142 cm³/mol. The van der Waals surface area contributed by atoms with E-state index in [4.69, 9.17) is 4.74 Å². The Kier molecular flexibility index (Phi) is 8.77. The number of aryl methyl sites for hydroxylation is 1. The van der Waals surface area contributed by atoms with Crippen LogP contribution in [0.2, 0.25) is 0 Å². The zero-order valence-electron chi connectivity index (χ0n) is 21.2. The van der Waals surface area contributed by atoms with Gasteiger partial charge in [-0.1, -0.05) is 19.1 Å². The van der Waals surface area contributed by atoms with Crippen LogP contribution in [0.1, 0.15) is 30.0 Å². The lowest BCUT2D eigenvalue weighted by Crippen LogP contribution is -2.49. The highest BCUT2D eigenvalue weighted by Gasteiger charge is 2.30. The molecule has 11 heteroatoms. The van der Waals surface area contributed by atoms with Crippen LogP contribution >= 0.6 is 0 Å². The van der Waals surface area contributed by atoms with Gasteiger partial charge in [-0.3, -0.25) is 15.4 Å². The smallest absolute Gasteiger partial charge is 0.377 e. The Bertz CT molecular complexity index is 1250. The van der Waals surface area contributed by atoms with E-state index in [9.17, 15) is 17.6 Å². The summed E-state index contributed by atoms with van der Waals surface area (Å²) in [6.45, 7) is 5.88. The first-order chi connectivity index (χ1) is 18.2. The molecule has 1 atom stereocenters. The Labute approximate surface area is 219 Å². The van der Waals surface area contributed by atoms with Gasteiger partial charge in [-0.05, 0) is 60.9 Å². The van der Waals surface area contributed by atoms with E-state index in [1.54, 1.807) is 18.3 Å². The molecule has 4 rings (SSSR count).